The molecular formula is C21H27NO6S. The maximum Gasteiger partial charge on any atom is 0.242 e. The number of carbonyl (C=O) groups is 1. The zero-order chi connectivity index (χ0) is 21.5. The van der Waals surface area contributed by atoms with E-state index >= 15 is 0 Å². The van der Waals surface area contributed by atoms with Gasteiger partial charge in [-0.2, -0.15) is 0 Å². The lowest BCUT2D eigenvalue weighted by atomic mass is 10.0. The smallest absolute Gasteiger partial charge is 0.242 e. The topological polar surface area (TPSA) is 90.9 Å². The van der Waals surface area contributed by atoms with Gasteiger partial charge in [-0.1, -0.05) is 30.3 Å². The summed E-state index contributed by atoms with van der Waals surface area (Å²) in [5.74, 6) is 0.579. The second-order valence-electron chi connectivity index (χ2n) is 7.38. The quantitative estimate of drug-likeness (QED) is 0.360. The van der Waals surface area contributed by atoms with Gasteiger partial charge >= 0.3 is 0 Å². The van der Waals surface area contributed by atoms with Crippen molar-refractivity contribution >= 4 is 16.3 Å². The first-order valence-corrected chi connectivity index (χ1v) is 10.6. The van der Waals surface area contributed by atoms with Gasteiger partial charge in [0.2, 0.25) is 10.0 Å². The Morgan fingerprint density at radius 1 is 1.03 bits per heavy atom. The van der Waals surface area contributed by atoms with E-state index in [0.717, 1.165) is 0 Å². The minimum atomic E-state index is -3.92. The third-order valence-corrected chi connectivity index (χ3v) is 5.66. The molecule has 2 aromatic rings. The summed E-state index contributed by atoms with van der Waals surface area (Å²) in [7, 11) is -2.33. The molecule has 2 aromatic carbocycles. The number of sulfonamides is 1. The van der Waals surface area contributed by atoms with Crippen LogP contribution in [0.25, 0.3) is 11.1 Å². The van der Waals surface area contributed by atoms with Crippen molar-refractivity contribution in [1.29, 1.82) is 0 Å². The summed E-state index contributed by atoms with van der Waals surface area (Å²) >= 11 is 0. The highest BCUT2D eigenvalue weighted by molar-refractivity contribution is 7.89. The first kappa shape index (κ1) is 23.0. The maximum atomic E-state index is 13.0. The van der Waals surface area contributed by atoms with E-state index in [-0.39, 0.29) is 17.3 Å². The second kappa shape index (κ2) is 9.98. The second-order valence-corrected chi connectivity index (χ2v) is 9.00. The molecular weight excluding hydrogens is 394 g/mol. The minimum absolute atomic E-state index is 0.0403. The molecule has 0 heterocycles. The van der Waals surface area contributed by atoms with Gasteiger partial charge in [0.05, 0.1) is 13.2 Å². The fraction of sp³-hybridized carbons (Fsp3) is 0.381. The number of rotatable bonds is 10. The summed E-state index contributed by atoms with van der Waals surface area (Å²) in [5.41, 5.74) is 0.503. The van der Waals surface area contributed by atoms with E-state index in [1.807, 2.05) is 0 Å². The Morgan fingerprint density at radius 2 is 1.72 bits per heavy atom. The molecule has 0 fully saturated rings. The summed E-state index contributed by atoms with van der Waals surface area (Å²) in [5, 5.41) is 0. The van der Waals surface area contributed by atoms with E-state index in [1.54, 1.807) is 64.3 Å². The molecule has 158 valence electrons. The van der Waals surface area contributed by atoms with Gasteiger partial charge in [-0.15, -0.1) is 0 Å². The van der Waals surface area contributed by atoms with Crippen LogP contribution in [-0.4, -0.2) is 47.4 Å². The predicted octanol–water partition coefficient (Wildman–Crippen LogP) is 3.24. The van der Waals surface area contributed by atoms with E-state index in [2.05, 4.69) is 4.72 Å². The third kappa shape index (κ3) is 6.64. The van der Waals surface area contributed by atoms with Crippen LogP contribution in [-0.2, 0) is 19.5 Å². The van der Waals surface area contributed by atoms with E-state index in [0.29, 0.717) is 36.4 Å². The standard InChI is InChI=1S/C21H27NO6S/c1-21(2,3)22-29(24,25)20-17(14-23)6-5-7-19(20)16-8-10-18(11-9-16)28-15-27-13-12-26-4/h5-11,14,22H,12-13,15H2,1-4H3. The number of nitrogens with one attached hydrogen (secondary N) is 1. The Labute approximate surface area is 172 Å². The van der Waals surface area contributed by atoms with Gasteiger partial charge in [0, 0.05) is 23.8 Å². The van der Waals surface area contributed by atoms with Gasteiger partial charge in [-0.3, -0.25) is 4.79 Å². The lowest BCUT2D eigenvalue weighted by molar-refractivity contribution is -0.00846. The van der Waals surface area contributed by atoms with Gasteiger partial charge in [0.15, 0.2) is 13.1 Å². The Morgan fingerprint density at radius 3 is 2.31 bits per heavy atom. The Kier molecular flexibility index (Phi) is 7.92. The maximum absolute atomic E-state index is 13.0. The van der Waals surface area contributed by atoms with Crippen LogP contribution in [0.15, 0.2) is 47.4 Å². The van der Waals surface area contributed by atoms with Gasteiger partial charge in [-0.25, -0.2) is 13.1 Å². The molecule has 7 nitrogen and oxygen atoms in total. The van der Waals surface area contributed by atoms with E-state index < -0.39 is 15.6 Å². The molecule has 0 aromatic heterocycles. The van der Waals surface area contributed by atoms with Crippen LogP contribution >= 0.6 is 0 Å². The van der Waals surface area contributed by atoms with E-state index in [4.69, 9.17) is 14.2 Å². The molecule has 0 aliphatic carbocycles. The van der Waals surface area contributed by atoms with E-state index in [1.165, 1.54) is 6.07 Å². The minimum Gasteiger partial charge on any atom is -0.468 e. The molecule has 0 atom stereocenters. The number of ether oxygens (including phenoxy) is 3. The summed E-state index contributed by atoms with van der Waals surface area (Å²) in [6, 6.07) is 11.7. The number of methoxy groups -OCH3 is 1. The Balaban J connectivity index is 2.32. The Hall–Kier alpha value is -2.26. The SMILES string of the molecule is COCCOCOc1ccc(-c2cccc(C=O)c2S(=O)(=O)NC(C)(C)C)cc1. The van der Waals surface area contributed by atoms with Crippen molar-refractivity contribution in [1.82, 2.24) is 4.72 Å². The number of hydrogen-bond donors (Lipinski definition) is 1. The molecule has 0 saturated carbocycles. The lowest BCUT2D eigenvalue weighted by Crippen LogP contribution is -2.41. The number of aldehydes is 1. The fourth-order valence-corrected chi connectivity index (χ4v) is 4.48. The van der Waals surface area contributed by atoms with Crippen molar-refractivity contribution in [3.05, 3.63) is 48.0 Å². The van der Waals surface area contributed by atoms with Crippen LogP contribution < -0.4 is 9.46 Å². The van der Waals surface area contributed by atoms with Crippen molar-refractivity contribution in [2.24, 2.45) is 0 Å². The first-order valence-electron chi connectivity index (χ1n) is 9.10. The zero-order valence-electron chi connectivity index (χ0n) is 17.1. The van der Waals surface area contributed by atoms with Crippen LogP contribution in [0, 0.1) is 0 Å². The lowest BCUT2D eigenvalue weighted by Gasteiger charge is -2.22. The summed E-state index contributed by atoms with van der Waals surface area (Å²) in [4.78, 5) is 11.5. The number of carbonyl (C=O) groups excluding carboxylic acids is 1. The largest absolute Gasteiger partial charge is 0.468 e. The zero-order valence-corrected chi connectivity index (χ0v) is 17.9. The van der Waals surface area contributed by atoms with Crippen molar-refractivity contribution in [2.75, 3.05) is 27.1 Å². The molecule has 0 amide bonds. The molecule has 0 aliphatic rings. The van der Waals surface area contributed by atoms with Crippen LogP contribution in [0.4, 0.5) is 0 Å². The van der Waals surface area contributed by atoms with Crippen LogP contribution in [0.2, 0.25) is 0 Å². The molecule has 0 radical (unpaired) electrons. The molecule has 0 aliphatic heterocycles. The van der Waals surface area contributed by atoms with Crippen LogP contribution in [0.5, 0.6) is 5.75 Å². The molecule has 2 rings (SSSR count). The molecule has 0 saturated heterocycles. The first-order chi connectivity index (χ1) is 13.7. The molecule has 1 N–H and O–H groups in total. The molecule has 29 heavy (non-hydrogen) atoms. The van der Waals surface area contributed by atoms with Crippen LogP contribution in [0.1, 0.15) is 31.1 Å². The van der Waals surface area contributed by atoms with E-state index in [9.17, 15) is 13.2 Å². The number of hydrogen-bond acceptors (Lipinski definition) is 6. The normalized spacial score (nSPS) is 12.0. The molecule has 0 unspecified atom stereocenters. The monoisotopic (exact) mass is 421 g/mol. The number of benzene rings is 2. The van der Waals surface area contributed by atoms with Crippen molar-refractivity contribution in [2.45, 2.75) is 31.2 Å². The average molecular weight is 422 g/mol. The predicted molar refractivity (Wildman–Crippen MR) is 111 cm³/mol. The van der Waals surface area contributed by atoms with Gasteiger partial charge in [0.1, 0.15) is 10.6 Å². The van der Waals surface area contributed by atoms with Crippen LogP contribution in [0.3, 0.4) is 0 Å². The van der Waals surface area contributed by atoms with Crippen molar-refractivity contribution in [3.63, 3.8) is 0 Å². The molecule has 0 spiro atoms. The molecule has 8 heteroatoms. The summed E-state index contributed by atoms with van der Waals surface area (Å²) in [6.45, 7) is 6.22. The van der Waals surface area contributed by atoms with Crippen molar-refractivity contribution < 1.29 is 27.4 Å². The average Bonchev–Trinajstić information content (AvgIpc) is 2.66. The third-order valence-electron chi connectivity index (χ3n) is 3.79. The fourth-order valence-electron chi connectivity index (χ4n) is 2.67. The summed E-state index contributed by atoms with van der Waals surface area (Å²) < 4.78 is 44.2. The highest BCUT2D eigenvalue weighted by atomic mass is 32.2. The van der Waals surface area contributed by atoms with Gasteiger partial charge in [0.25, 0.3) is 0 Å². The highest BCUT2D eigenvalue weighted by Crippen LogP contribution is 2.31. The molecule has 0 bridgehead atoms. The van der Waals surface area contributed by atoms with Crippen molar-refractivity contribution in [3.8, 4) is 16.9 Å². The van der Waals surface area contributed by atoms with Gasteiger partial charge < -0.3 is 14.2 Å². The highest BCUT2D eigenvalue weighted by Gasteiger charge is 2.27. The Bertz CT molecular complexity index is 917. The van der Waals surface area contributed by atoms with Gasteiger partial charge in [-0.05, 0) is 38.5 Å². The summed E-state index contributed by atoms with van der Waals surface area (Å²) in [6.07, 6.45) is 0.551.